The van der Waals surface area contributed by atoms with E-state index >= 15 is 0 Å². The Hall–Kier alpha value is -2.43. The van der Waals surface area contributed by atoms with Gasteiger partial charge in [-0.05, 0) is 42.2 Å². The average molecular weight is 316 g/mol. The van der Waals surface area contributed by atoms with Crippen molar-refractivity contribution >= 4 is 6.03 Å². The lowest BCUT2D eigenvalue weighted by Gasteiger charge is -2.30. The Morgan fingerprint density at radius 1 is 1.13 bits per heavy atom. The second-order valence-electron chi connectivity index (χ2n) is 5.78. The van der Waals surface area contributed by atoms with Crippen LogP contribution in [-0.2, 0) is 13.0 Å². The second-order valence-corrected chi connectivity index (χ2v) is 5.78. The van der Waals surface area contributed by atoms with Gasteiger partial charge in [0, 0.05) is 13.1 Å². The van der Waals surface area contributed by atoms with Gasteiger partial charge in [0.2, 0.25) is 0 Å². The number of halogens is 2. The molecule has 2 aromatic carbocycles. The molecular weight excluding hydrogens is 298 g/mol. The molecule has 5 heteroatoms. The Morgan fingerprint density at radius 2 is 1.87 bits per heavy atom. The van der Waals surface area contributed by atoms with Crippen LogP contribution in [0.15, 0.2) is 42.5 Å². The van der Waals surface area contributed by atoms with E-state index in [-0.39, 0.29) is 6.03 Å². The van der Waals surface area contributed by atoms with E-state index in [1.54, 1.807) is 11.8 Å². The fraction of sp³-hybridized carbons (Fsp3) is 0.278. The lowest BCUT2D eigenvalue weighted by molar-refractivity contribution is 0.189. The largest absolute Gasteiger partial charge is 0.331 e. The highest BCUT2D eigenvalue weighted by atomic mass is 19.2. The second kappa shape index (κ2) is 6.36. The zero-order valence-corrected chi connectivity index (χ0v) is 12.9. The number of urea groups is 1. The Kier molecular flexibility index (Phi) is 4.28. The molecule has 1 heterocycles. The third-order valence-corrected chi connectivity index (χ3v) is 4.20. The zero-order valence-electron chi connectivity index (χ0n) is 12.9. The number of hydrogen-bond acceptors (Lipinski definition) is 1. The molecule has 3 nitrogen and oxygen atoms in total. The Labute approximate surface area is 133 Å². The Balaban J connectivity index is 1.66. The number of hydrogen-bond donors (Lipinski definition) is 1. The number of nitrogens with zero attached hydrogens (tertiary/aromatic N) is 1. The highest BCUT2D eigenvalue weighted by Gasteiger charge is 2.22. The average Bonchev–Trinajstić information content (AvgIpc) is 2.56. The zero-order chi connectivity index (χ0) is 16.4. The van der Waals surface area contributed by atoms with Crippen LogP contribution in [0.5, 0.6) is 0 Å². The SMILES string of the molecule is C[C@@H](NC(=O)N1CCc2ccccc2C1)c1ccc(F)c(F)c1. The lowest BCUT2D eigenvalue weighted by atomic mass is 10.0. The van der Waals surface area contributed by atoms with Gasteiger partial charge < -0.3 is 10.2 Å². The van der Waals surface area contributed by atoms with E-state index in [2.05, 4.69) is 11.4 Å². The van der Waals surface area contributed by atoms with E-state index in [4.69, 9.17) is 0 Å². The van der Waals surface area contributed by atoms with Crippen molar-refractivity contribution in [2.75, 3.05) is 6.54 Å². The van der Waals surface area contributed by atoms with Crippen LogP contribution in [0.1, 0.15) is 29.7 Å². The molecule has 0 fully saturated rings. The van der Waals surface area contributed by atoms with Crippen LogP contribution in [0.25, 0.3) is 0 Å². The summed E-state index contributed by atoms with van der Waals surface area (Å²) in [6.45, 7) is 2.96. The summed E-state index contributed by atoms with van der Waals surface area (Å²) in [7, 11) is 0. The topological polar surface area (TPSA) is 32.3 Å². The van der Waals surface area contributed by atoms with Crippen LogP contribution in [-0.4, -0.2) is 17.5 Å². The summed E-state index contributed by atoms with van der Waals surface area (Å²) < 4.78 is 26.3. The number of nitrogens with one attached hydrogen (secondary N) is 1. The van der Waals surface area contributed by atoms with Crippen LogP contribution in [0, 0.1) is 11.6 Å². The molecule has 1 aliphatic rings. The first kappa shape index (κ1) is 15.5. The van der Waals surface area contributed by atoms with Crippen molar-refractivity contribution in [3.63, 3.8) is 0 Å². The molecule has 1 N–H and O–H groups in total. The molecule has 2 aromatic rings. The van der Waals surface area contributed by atoms with Gasteiger partial charge >= 0.3 is 6.03 Å². The number of carbonyl (C=O) groups is 1. The summed E-state index contributed by atoms with van der Waals surface area (Å²) in [4.78, 5) is 14.1. The van der Waals surface area contributed by atoms with E-state index in [0.29, 0.717) is 18.7 Å². The minimum absolute atomic E-state index is 0.197. The molecule has 0 saturated carbocycles. The predicted molar refractivity (Wildman–Crippen MR) is 83.9 cm³/mol. The van der Waals surface area contributed by atoms with Gasteiger partial charge in [-0.2, -0.15) is 0 Å². The molecular formula is C18H18F2N2O. The number of rotatable bonds is 2. The van der Waals surface area contributed by atoms with Gasteiger partial charge in [0.05, 0.1) is 6.04 Å². The standard InChI is InChI=1S/C18H18F2N2O/c1-12(14-6-7-16(19)17(20)10-14)21-18(23)22-9-8-13-4-2-3-5-15(13)11-22/h2-7,10,12H,8-9,11H2,1H3,(H,21,23)/t12-/m1/s1. The number of benzene rings is 2. The van der Waals surface area contributed by atoms with Gasteiger partial charge in [-0.15, -0.1) is 0 Å². The maximum absolute atomic E-state index is 13.3. The van der Waals surface area contributed by atoms with Crippen molar-refractivity contribution in [3.8, 4) is 0 Å². The van der Waals surface area contributed by atoms with E-state index in [0.717, 1.165) is 24.1 Å². The van der Waals surface area contributed by atoms with Crippen molar-refractivity contribution in [2.24, 2.45) is 0 Å². The van der Waals surface area contributed by atoms with Crippen molar-refractivity contribution in [1.29, 1.82) is 0 Å². The number of fused-ring (bicyclic) bond motifs is 1. The van der Waals surface area contributed by atoms with Crippen molar-refractivity contribution < 1.29 is 13.6 Å². The van der Waals surface area contributed by atoms with Gasteiger partial charge in [0.15, 0.2) is 11.6 Å². The summed E-state index contributed by atoms with van der Waals surface area (Å²) >= 11 is 0. The third-order valence-electron chi connectivity index (χ3n) is 4.20. The third kappa shape index (κ3) is 3.33. The first-order valence-corrected chi connectivity index (χ1v) is 7.62. The van der Waals surface area contributed by atoms with Crippen molar-refractivity contribution in [3.05, 3.63) is 70.8 Å². The molecule has 3 rings (SSSR count). The Morgan fingerprint density at radius 3 is 2.61 bits per heavy atom. The van der Waals surface area contributed by atoms with E-state index in [9.17, 15) is 13.6 Å². The molecule has 120 valence electrons. The molecule has 1 atom stereocenters. The molecule has 1 aliphatic heterocycles. The number of carbonyl (C=O) groups excluding carboxylic acids is 1. The Bertz CT molecular complexity index is 733. The maximum Gasteiger partial charge on any atom is 0.318 e. The van der Waals surface area contributed by atoms with Crippen LogP contribution < -0.4 is 5.32 Å². The minimum atomic E-state index is -0.907. The normalized spacial score (nSPS) is 15.0. The lowest BCUT2D eigenvalue weighted by Crippen LogP contribution is -2.43. The van der Waals surface area contributed by atoms with E-state index in [1.165, 1.54) is 11.6 Å². The van der Waals surface area contributed by atoms with Gasteiger partial charge in [-0.25, -0.2) is 13.6 Å². The van der Waals surface area contributed by atoms with Crippen LogP contribution in [0.3, 0.4) is 0 Å². The molecule has 0 spiro atoms. The highest BCUT2D eigenvalue weighted by Crippen LogP contribution is 2.20. The minimum Gasteiger partial charge on any atom is -0.331 e. The van der Waals surface area contributed by atoms with Crippen LogP contribution in [0.4, 0.5) is 13.6 Å². The summed E-state index contributed by atoms with van der Waals surface area (Å²) in [5.41, 5.74) is 2.95. The van der Waals surface area contributed by atoms with Gasteiger partial charge in [-0.3, -0.25) is 0 Å². The summed E-state index contributed by atoms with van der Waals surface area (Å²) in [6.07, 6.45) is 0.823. The van der Waals surface area contributed by atoms with Gasteiger partial charge in [-0.1, -0.05) is 30.3 Å². The molecule has 0 unspecified atom stereocenters. The molecule has 23 heavy (non-hydrogen) atoms. The van der Waals surface area contributed by atoms with Gasteiger partial charge in [0.1, 0.15) is 0 Å². The van der Waals surface area contributed by atoms with E-state index < -0.39 is 17.7 Å². The summed E-state index contributed by atoms with van der Waals surface area (Å²) in [6, 6.07) is 11.1. The quantitative estimate of drug-likeness (QED) is 0.898. The molecule has 0 aliphatic carbocycles. The predicted octanol–water partition coefficient (Wildman–Crippen LogP) is 3.79. The van der Waals surface area contributed by atoms with Crippen LogP contribution in [0.2, 0.25) is 0 Å². The molecule has 0 radical (unpaired) electrons. The maximum atomic E-state index is 13.3. The van der Waals surface area contributed by atoms with Crippen molar-refractivity contribution in [2.45, 2.75) is 25.9 Å². The summed E-state index contributed by atoms with van der Waals surface area (Å²) in [5, 5.41) is 2.84. The first-order valence-electron chi connectivity index (χ1n) is 7.62. The fourth-order valence-corrected chi connectivity index (χ4v) is 2.81. The van der Waals surface area contributed by atoms with Crippen molar-refractivity contribution in [1.82, 2.24) is 10.2 Å². The van der Waals surface area contributed by atoms with Gasteiger partial charge in [0.25, 0.3) is 0 Å². The monoisotopic (exact) mass is 316 g/mol. The fourth-order valence-electron chi connectivity index (χ4n) is 2.81. The van der Waals surface area contributed by atoms with E-state index in [1.807, 2.05) is 18.2 Å². The molecule has 0 saturated heterocycles. The van der Waals surface area contributed by atoms with Crippen LogP contribution >= 0.6 is 0 Å². The smallest absolute Gasteiger partial charge is 0.318 e. The molecule has 0 bridgehead atoms. The molecule has 0 aromatic heterocycles. The highest BCUT2D eigenvalue weighted by molar-refractivity contribution is 5.75. The number of amides is 2. The molecule has 2 amide bonds. The summed E-state index contributed by atoms with van der Waals surface area (Å²) in [5.74, 6) is -1.80. The first-order chi connectivity index (χ1) is 11.0.